The Morgan fingerprint density at radius 2 is 1.16 bits per heavy atom. The zero-order valence-corrected chi connectivity index (χ0v) is 26.0. The van der Waals surface area contributed by atoms with E-state index in [2.05, 4.69) is 0 Å². The van der Waals surface area contributed by atoms with Crippen LogP contribution in [-0.2, 0) is 29.0 Å². The van der Waals surface area contributed by atoms with E-state index in [-0.39, 0.29) is 17.0 Å². The van der Waals surface area contributed by atoms with Crippen LogP contribution >= 0.6 is 0 Å². The molecule has 0 fully saturated rings. The fourth-order valence-electron chi connectivity index (χ4n) is 4.83. The van der Waals surface area contributed by atoms with Crippen LogP contribution in [0, 0.1) is 13.8 Å². The standard InChI is InChI=1S/C34H30N2O7S2/c1-23-8-12-27(13-9-23)35(44(39)40)32-18-16-29(21-26(32)20-25-6-4-3-5-7-25)43-30-17-19-33(31(22-30)34(37)38)36(45(41)42)28-14-10-24(2)11-15-28/h3-19,21-22H,20H2,1-2H3,(H,37,38)(H,39,40)(H,41,42). The molecule has 3 N–H and O–H groups in total. The van der Waals surface area contributed by atoms with E-state index in [0.717, 1.165) is 21.0 Å². The molecule has 45 heavy (non-hydrogen) atoms. The number of nitrogens with zero attached hydrogens (tertiary/aromatic N) is 2. The van der Waals surface area contributed by atoms with Gasteiger partial charge in [-0.3, -0.25) is 9.11 Å². The molecular weight excluding hydrogens is 613 g/mol. The molecule has 230 valence electrons. The van der Waals surface area contributed by atoms with Crippen molar-refractivity contribution < 1.29 is 32.2 Å². The van der Waals surface area contributed by atoms with Gasteiger partial charge in [0.2, 0.25) is 0 Å². The lowest BCUT2D eigenvalue weighted by atomic mass is 10.0. The number of benzene rings is 5. The van der Waals surface area contributed by atoms with Crippen LogP contribution < -0.4 is 13.3 Å². The minimum atomic E-state index is -2.56. The summed E-state index contributed by atoms with van der Waals surface area (Å²) < 4.78 is 53.9. The van der Waals surface area contributed by atoms with E-state index in [0.29, 0.717) is 34.8 Å². The van der Waals surface area contributed by atoms with Gasteiger partial charge in [-0.15, -0.1) is 0 Å². The van der Waals surface area contributed by atoms with Crippen molar-refractivity contribution in [2.45, 2.75) is 20.3 Å². The summed E-state index contributed by atoms with van der Waals surface area (Å²) in [4.78, 5) is 12.3. The van der Waals surface area contributed by atoms with Gasteiger partial charge in [0.05, 0.1) is 28.3 Å². The Morgan fingerprint density at radius 3 is 1.67 bits per heavy atom. The molecule has 0 radical (unpaired) electrons. The lowest BCUT2D eigenvalue weighted by Crippen LogP contribution is -2.21. The van der Waals surface area contributed by atoms with Gasteiger partial charge in [-0.05, 0) is 92.1 Å². The van der Waals surface area contributed by atoms with Crippen LogP contribution in [0.25, 0.3) is 0 Å². The first-order chi connectivity index (χ1) is 21.6. The molecule has 0 bridgehead atoms. The minimum Gasteiger partial charge on any atom is -0.478 e. The van der Waals surface area contributed by atoms with E-state index in [1.807, 2.05) is 56.3 Å². The van der Waals surface area contributed by atoms with Crippen LogP contribution in [-0.4, -0.2) is 28.6 Å². The second kappa shape index (κ2) is 13.9. The molecule has 0 aliphatic rings. The van der Waals surface area contributed by atoms with Gasteiger partial charge in [0.15, 0.2) is 0 Å². The van der Waals surface area contributed by atoms with E-state index in [1.165, 1.54) is 22.5 Å². The maximum absolute atomic E-state index is 12.6. The highest BCUT2D eigenvalue weighted by Crippen LogP contribution is 2.37. The molecule has 0 aliphatic carbocycles. The van der Waals surface area contributed by atoms with Crippen molar-refractivity contribution in [1.82, 2.24) is 0 Å². The molecule has 2 unspecified atom stereocenters. The van der Waals surface area contributed by atoms with E-state index in [9.17, 15) is 27.4 Å². The SMILES string of the molecule is Cc1ccc(N(c2ccc(Oc3ccc(N(c4ccc(C)cc4)S(=O)O)c(C(=O)O)c3)cc2Cc2ccccc2)S(=O)O)cc1. The number of carbonyl (C=O) groups is 1. The summed E-state index contributed by atoms with van der Waals surface area (Å²) in [5, 5.41) is 10.0. The number of carboxylic acids is 1. The quantitative estimate of drug-likeness (QED) is 0.125. The lowest BCUT2D eigenvalue weighted by molar-refractivity contribution is 0.0697. The molecule has 0 aliphatic heterocycles. The third-order valence-electron chi connectivity index (χ3n) is 7.01. The van der Waals surface area contributed by atoms with Gasteiger partial charge in [0.25, 0.3) is 22.5 Å². The normalized spacial score (nSPS) is 12.3. The first kappa shape index (κ1) is 31.6. The molecule has 5 aromatic rings. The molecule has 2 atom stereocenters. The minimum absolute atomic E-state index is 0.0128. The monoisotopic (exact) mass is 642 g/mol. The van der Waals surface area contributed by atoms with Gasteiger partial charge < -0.3 is 9.84 Å². The Kier molecular flexibility index (Phi) is 9.74. The van der Waals surface area contributed by atoms with Gasteiger partial charge in [-0.25, -0.2) is 21.8 Å². The molecule has 0 saturated heterocycles. The van der Waals surface area contributed by atoms with E-state index >= 15 is 0 Å². The van der Waals surface area contributed by atoms with Crippen molar-refractivity contribution in [3.8, 4) is 11.5 Å². The summed E-state index contributed by atoms with van der Waals surface area (Å²) in [7, 11) is 0. The Labute approximate surface area is 266 Å². The number of rotatable bonds is 11. The predicted molar refractivity (Wildman–Crippen MR) is 177 cm³/mol. The largest absolute Gasteiger partial charge is 0.478 e. The highest BCUT2D eigenvalue weighted by atomic mass is 32.2. The molecule has 0 spiro atoms. The summed E-state index contributed by atoms with van der Waals surface area (Å²) in [5.74, 6) is -0.761. The van der Waals surface area contributed by atoms with E-state index < -0.39 is 28.5 Å². The molecule has 5 rings (SSSR count). The van der Waals surface area contributed by atoms with Crippen LogP contribution in [0.15, 0.2) is 115 Å². The zero-order valence-electron chi connectivity index (χ0n) is 24.4. The fraction of sp³-hybridized carbons (Fsp3) is 0.0882. The number of hydrogen-bond acceptors (Lipinski definition) is 4. The van der Waals surface area contributed by atoms with Crippen LogP contribution in [0.5, 0.6) is 11.5 Å². The average molecular weight is 643 g/mol. The first-order valence-corrected chi connectivity index (χ1v) is 15.9. The van der Waals surface area contributed by atoms with E-state index in [4.69, 9.17) is 4.74 Å². The smallest absolute Gasteiger partial charge is 0.337 e. The van der Waals surface area contributed by atoms with Crippen LogP contribution in [0.3, 0.4) is 0 Å². The summed E-state index contributed by atoms with van der Waals surface area (Å²) in [6, 6.07) is 33.0. The van der Waals surface area contributed by atoms with Gasteiger partial charge >= 0.3 is 5.97 Å². The van der Waals surface area contributed by atoms with Crippen molar-refractivity contribution in [2.24, 2.45) is 0 Å². The lowest BCUT2D eigenvalue weighted by Gasteiger charge is -2.24. The van der Waals surface area contributed by atoms with Gasteiger partial charge in [0, 0.05) is 0 Å². The van der Waals surface area contributed by atoms with Crippen LogP contribution in [0.4, 0.5) is 22.7 Å². The molecule has 9 nitrogen and oxygen atoms in total. The van der Waals surface area contributed by atoms with Crippen molar-refractivity contribution >= 4 is 51.3 Å². The third-order valence-corrected chi connectivity index (χ3v) is 8.45. The first-order valence-electron chi connectivity index (χ1n) is 13.8. The number of carboxylic acid groups (broad SMARTS) is 1. The predicted octanol–water partition coefficient (Wildman–Crippen LogP) is 7.93. The number of aromatic carboxylic acids is 1. The fourth-order valence-corrected chi connectivity index (χ4v) is 6.11. The molecule has 0 amide bonds. The molecule has 11 heteroatoms. The summed E-state index contributed by atoms with van der Waals surface area (Å²) in [5.41, 5.74) is 4.76. The van der Waals surface area contributed by atoms with Crippen molar-refractivity contribution in [2.75, 3.05) is 8.61 Å². The summed E-state index contributed by atoms with van der Waals surface area (Å²) in [6.07, 6.45) is 0.417. The third kappa shape index (κ3) is 7.47. The number of hydrogen-bond donors (Lipinski definition) is 3. The van der Waals surface area contributed by atoms with Crippen LogP contribution in [0.2, 0.25) is 0 Å². The Morgan fingerprint density at radius 1 is 0.667 bits per heavy atom. The van der Waals surface area contributed by atoms with Crippen molar-refractivity contribution in [3.63, 3.8) is 0 Å². The highest BCUT2D eigenvalue weighted by molar-refractivity contribution is 7.81. The van der Waals surface area contributed by atoms with Gasteiger partial charge in [0.1, 0.15) is 11.5 Å². The molecular formula is C34H30N2O7S2. The maximum Gasteiger partial charge on any atom is 0.337 e. The average Bonchev–Trinajstić information content (AvgIpc) is 3.01. The Balaban J connectivity index is 1.54. The second-order valence-electron chi connectivity index (χ2n) is 10.3. The van der Waals surface area contributed by atoms with Gasteiger partial charge in [-0.1, -0.05) is 65.7 Å². The molecule has 0 saturated carbocycles. The summed E-state index contributed by atoms with van der Waals surface area (Å²) >= 11 is -4.94. The maximum atomic E-state index is 12.6. The Hall–Kier alpha value is -4.81. The number of anilines is 4. The van der Waals surface area contributed by atoms with E-state index in [1.54, 1.807) is 54.6 Å². The second-order valence-corrected chi connectivity index (χ2v) is 11.9. The zero-order chi connectivity index (χ0) is 32.1. The van der Waals surface area contributed by atoms with Gasteiger partial charge in [-0.2, -0.15) is 0 Å². The Bertz CT molecular complexity index is 1870. The van der Waals surface area contributed by atoms with Crippen LogP contribution in [0.1, 0.15) is 32.6 Å². The van der Waals surface area contributed by atoms with Crippen molar-refractivity contribution in [3.05, 3.63) is 143 Å². The molecule has 0 aromatic heterocycles. The van der Waals surface area contributed by atoms with Crippen molar-refractivity contribution in [1.29, 1.82) is 0 Å². The molecule has 0 heterocycles. The number of aryl methyl sites for hydroxylation is 2. The highest BCUT2D eigenvalue weighted by Gasteiger charge is 2.24. The molecule has 5 aromatic carbocycles. The number of ether oxygens (including phenoxy) is 1. The topological polar surface area (TPSA) is 128 Å². The summed E-state index contributed by atoms with van der Waals surface area (Å²) in [6.45, 7) is 3.81.